The lowest BCUT2D eigenvalue weighted by Gasteiger charge is -2.03. The summed E-state index contributed by atoms with van der Waals surface area (Å²) in [6, 6.07) is 7.68. The van der Waals surface area contributed by atoms with Gasteiger partial charge in [-0.1, -0.05) is 18.2 Å². The minimum absolute atomic E-state index is 0.0652. The van der Waals surface area contributed by atoms with Crippen LogP contribution in [0.15, 0.2) is 47.7 Å². The van der Waals surface area contributed by atoms with E-state index in [9.17, 15) is 4.79 Å². The summed E-state index contributed by atoms with van der Waals surface area (Å²) in [5, 5.41) is 0. The summed E-state index contributed by atoms with van der Waals surface area (Å²) < 4.78 is 5.14. The van der Waals surface area contributed by atoms with Gasteiger partial charge in [0.25, 0.3) is 0 Å². The molecule has 1 aliphatic rings. The van der Waals surface area contributed by atoms with Gasteiger partial charge in [0.05, 0.1) is 7.11 Å². The lowest BCUT2D eigenvalue weighted by atomic mass is 10.0. The number of hydrogen-bond acceptors (Lipinski definition) is 2. The number of ether oxygens (including phenoxy) is 1. The second-order valence-electron chi connectivity index (χ2n) is 3.85. The Bertz CT molecular complexity index is 517. The van der Waals surface area contributed by atoms with Gasteiger partial charge in [-0.05, 0) is 42.7 Å². The maximum Gasteiger partial charge on any atom is 0.189 e. The van der Waals surface area contributed by atoms with E-state index in [1.165, 1.54) is 0 Å². The second kappa shape index (κ2) is 5.33. The van der Waals surface area contributed by atoms with Crippen LogP contribution in [0.4, 0.5) is 0 Å². The van der Waals surface area contributed by atoms with Crippen LogP contribution in [0.25, 0.3) is 6.08 Å². The molecule has 1 aromatic carbocycles. The van der Waals surface area contributed by atoms with E-state index in [-0.39, 0.29) is 5.78 Å². The van der Waals surface area contributed by atoms with Gasteiger partial charge < -0.3 is 4.74 Å². The van der Waals surface area contributed by atoms with Crippen molar-refractivity contribution in [3.63, 3.8) is 0 Å². The molecule has 0 N–H and O–H groups in total. The van der Waals surface area contributed by atoms with Crippen molar-refractivity contribution in [2.24, 2.45) is 0 Å². The van der Waals surface area contributed by atoms with E-state index in [0.29, 0.717) is 0 Å². The SMILES string of the molecule is COc1cccc(C=C=C2CCC=CC2=O)c1. The molecule has 1 aromatic rings. The van der Waals surface area contributed by atoms with Crippen LogP contribution >= 0.6 is 0 Å². The summed E-state index contributed by atoms with van der Waals surface area (Å²) >= 11 is 0. The predicted molar refractivity (Wildman–Crippen MR) is 67.9 cm³/mol. The largest absolute Gasteiger partial charge is 0.497 e. The molecule has 86 valence electrons. The molecule has 0 fully saturated rings. The molecule has 2 heteroatoms. The van der Waals surface area contributed by atoms with Gasteiger partial charge >= 0.3 is 0 Å². The van der Waals surface area contributed by atoms with Crippen LogP contribution in [0.1, 0.15) is 18.4 Å². The summed E-state index contributed by atoms with van der Waals surface area (Å²) in [4.78, 5) is 11.5. The molecule has 0 unspecified atom stereocenters. The fourth-order valence-electron chi connectivity index (χ4n) is 1.69. The zero-order chi connectivity index (χ0) is 12.1. The van der Waals surface area contributed by atoms with Gasteiger partial charge in [-0.15, -0.1) is 5.73 Å². The van der Waals surface area contributed by atoms with Crippen molar-refractivity contribution in [3.05, 3.63) is 53.3 Å². The van der Waals surface area contributed by atoms with Crippen LogP contribution in [-0.4, -0.2) is 12.9 Å². The number of carbonyl (C=O) groups excluding carboxylic acids is 1. The minimum Gasteiger partial charge on any atom is -0.497 e. The van der Waals surface area contributed by atoms with Crippen molar-refractivity contribution in [3.8, 4) is 5.75 Å². The van der Waals surface area contributed by atoms with Crippen molar-refractivity contribution in [1.29, 1.82) is 0 Å². The molecule has 2 nitrogen and oxygen atoms in total. The van der Waals surface area contributed by atoms with E-state index in [1.807, 2.05) is 36.4 Å². The van der Waals surface area contributed by atoms with Gasteiger partial charge in [-0.3, -0.25) is 4.79 Å². The van der Waals surface area contributed by atoms with Crippen molar-refractivity contribution in [2.75, 3.05) is 7.11 Å². The third-order valence-corrected chi connectivity index (χ3v) is 2.63. The monoisotopic (exact) mass is 226 g/mol. The quantitative estimate of drug-likeness (QED) is 0.572. The van der Waals surface area contributed by atoms with Crippen LogP contribution in [-0.2, 0) is 4.79 Å². The Labute approximate surface area is 101 Å². The molecule has 0 saturated heterocycles. The molecule has 0 aromatic heterocycles. The molecule has 0 spiro atoms. The van der Waals surface area contributed by atoms with Gasteiger partial charge in [-0.25, -0.2) is 0 Å². The summed E-state index contributed by atoms with van der Waals surface area (Å²) in [6.07, 6.45) is 7.04. The van der Waals surface area contributed by atoms with Crippen LogP contribution in [0.2, 0.25) is 0 Å². The van der Waals surface area contributed by atoms with Crippen LogP contribution < -0.4 is 4.74 Å². The fraction of sp³-hybridized carbons (Fsp3) is 0.200. The average molecular weight is 226 g/mol. The van der Waals surface area contributed by atoms with Gasteiger partial charge in [0.15, 0.2) is 5.78 Å². The predicted octanol–water partition coefficient (Wildman–Crippen LogP) is 3.15. The minimum atomic E-state index is 0.0652. The average Bonchev–Trinajstić information content (AvgIpc) is 2.38. The first-order valence-electron chi connectivity index (χ1n) is 5.60. The number of methoxy groups -OCH3 is 1. The number of ketones is 1. The first kappa shape index (κ1) is 11.4. The zero-order valence-electron chi connectivity index (χ0n) is 9.77. The van der Waals surface area contributed by atoms with Crippen molar-refractivity contribution < 1.29 is 9.53 Å². The Morgan fingerprint density at radius 3 is 3.06 bits per heavy atom. The highest BCUT2D eigenvalue weighted by Gasteiger charge is 2.08. The first-order valence-corrected chi connectivity index (χ1v) is 5.60. The van der Waals surface area contributed by atoms with Crippen molar-refractivity contribution in [2.45, 2.75) is 12.8 Å². The number of allylic oxidation sites excluding steroid dienone is 3. The van der Waals surface area contributed by atoms with E-state index in [2.05, 4.69) is 5.73 Å². The summed E-state index contributed by atoms with van der Waals surface area (Å²) in [5.74, 6) is 0.871. The molecule has 17 heavy (non-hydrogen) atoms. The smallest absolute Gasteiger partial charge is 0.189 e. The molecule has 0 heterocycles. The second-order valence-corrected chi connectivity index (χ2v) is 3.85. The van der Waals surface area contributed by atoms with E-state index < -0.39 is 0 Å². The molecule has 2 rings (SSSR count). The van der Waals surface area contributed by atoms with E-state index in [4.69, 9.17) is 4.74 Å². The summed E-state index contributed by atoms with van der Waals surface area (Å²) in [5.41, 5.74) is 4.81. The van der Waals surface area contributed by atoms with Crippen LogP contribution in [0.3, 0.4) is 0 Å². The molecular weight excluding hydrogens is 212 g/mol. The highest BCUT2D eigenvalue weighted by atomic mass is 16.5. The maximum atomic E-state index is 11.5. The Hall–Kier alpha value is -2.05. The van der Waals surface area contributed by atoms with Gasteiger partial charge in [-0.2, -0.15) is 0 Å². The van der Waals surface area contributed by atoms with E-state index in [0.717, 1.165) is 29.7 Å². The number of benzene rings is 1. The molecule has 0 amide bonds. The highest BCUT2D eigenvalue weighted by molar-refractivity contribution is 6.04. The molecule has 0 radical (unpaired) electrons. The third kappa shape index (κ3) is 2.96. The van der Waals surface area contributed by atoms with Crippen LogP contribution in [0, 0.1) is 0 Å². The molecule has 0 atom stereocenters. The van der Waals surface area contributed by atoms with E-state index in [1.54, 1.807) is 13.2 Å². The molecule has 0 aliphatic heterocycles. The molecule has 1 aliphatic carbocycles. The number of carbonyl (C=O) groups is 1. The van der Waals surface area contributed by atoms with Crippen molar-refractivity contribution >= 4 is 11.9 Å². The van der Waals surface area contributed by atoms with Crippen LogP contribution in [0.5, 0.6) is 5.75 Å². The standard InChI is InChI=1S/C15H14O2/c1-17-14-7-4-5-12(11-14)9-10-13-6-2-3-8-15(13)16/h3-5,7-9,11H,2,6H2,1H3. The van der Waals surface area contributed by atoms with Gasteiger partial charge in [0, 0.05) is 5.57 Å². The summed E-state index contributed by atoms with van der Waals surface area (Å²) in [6.45, 7) is 0. The third-order valence-electron chi connectivity index (χ3n) is 2.63. The normalized spacial score (nSPS) is 14.4. The lowest BCUT2D eigenvalue weighted by molar-refractivity contribution is -0.111. The lowest BCUT2D eigenvalue weighted by Crippen LogP contribution is -2.01. The zero-order valence-corrected chi connectivity index (χ0v) is 9.77. The van der Waals surface area contributed by atoms with Gasteiger partial charge in [0.1, 0.15) is 5.75 Å². The maximum absolute atomic E-state index is 11.5. The van der Waals surface area contributed by atoms with E-state index >= 15 is 0 Å². The molecular formula is C15H14O2. The number of rotatable bonds is 2. The Kier molecular flexibility index (Phi) is 3.59. The Balaban J connectivity index is 2.27. The fourth-order valence-corrected chi connectivity index (χ4v) is 1.69. The number of hydrogen-bond donors (Lipinski definition) is 0. The Morgan fingerprint density at radius 1 is 1.41 bits per heavy atom. The Morgan fingerprint density at radius 2 is 2.29 bits per heavy atom. The first-order chi connectivity index (χ1) is 8.29. The van der Waals surface area contributed by atoms with Crippen molar-refractivity contribution in [1.82, 2.24) is 0 Å². The topological polar surface area (TPSA) is 26.3 Å². The molecule has 0 saturated carbocycles. The highest BCUT2D eigenvalue weighted by Crippen LogP contribution is 2.16. The summed E-state index contributed by atoms with van der Waals surface area (Å²) in [7, 11) is 1.64. The molecule has 0 bridgehead atoms. The van der Waals surface area contributed by atoms with Gasteiger partial charge in [0.2, 0.25) is 0 Å².